The molecule has 0 unspecified atom stereocenters. The number of hydrogen-bond acceptors (Lipinski definition) is 3. The topological polar surface area (TPSA) is 45.4 Å². The Balaban J connectivity index is 1.89. The summed E-state index contributed by atoms with van der Waals surface area (Å²) >= 11 is 0. The Morgan fingerprint density at radius 1 is 1.19 bits per heavy atom. The highest BCUT2D eigenvalue weighted by Crippen LogP contribution is 2.20. The molecule has 1 aromatic carbocycles. The average Bonchev–Trinajstić information content (AvgIpc) is 2.73. The molecular weight excluding hydrogens is 202 g/mol. The molecule has 0 aliphatic carbocycles. The molecule has 3 heteroatoms. The van der Waals surface area contributed by atoms with Crippen molar-refractivity contribution >= 4 is 11.0 Å². The molecule has 0 atom stereocenters. The minimum absolute atomic E-state index is 0.252. The van der Waals surface area contributed by atoms with Gasteiger partial charge in [-0.1, -0.05) is 18.2 Å². The summed E-state index contributed by atoms with van der Waals surface area (Å²) in [6, 6.07) is 8.08. The van der Waals surface area contributed by atoms with Crippen molar-refractivity contribution in [2.24, 2.45) is 0 Å². The fourth-order valence-electron chi connectivity index (χ4n) is 1.78. The predicted octanol–water partition coefficient (Wildman–Crippen LogP) is 1.95. The van der Waals surface area contributed by atoms with Crippen LogP contribution in [0.3, 0.4) is 0 Å². The van der Waals surface area contributed by atoms with Gasteiger partial charge in [0.25, 0.3) is 0 Å². The van der Waals surface area contributed by atoms with Crippen molar-refractivity contribution in [2.75, 3.05) is 19.7 Å². The van der Waals surface area contributed by atoms with E-state index in [1.165, 1.54) is 10.9 Å². The summed E-state index contributed by atoms with van der Waals surface area (Å²) in [5, 5.41) is 13.1. The number of nitrogens with one attached hydrogen (secondary N) is 1. The lowest BCUT2D eigenvalue weighted by Crippen LogP contribution is -2.19. The van der Waals surface area contributed by atoms with Crippen LogP contribution in [0.4, 0.5) is 0 Å². The van der Waals surface area contributed by atoms with Gasteiger partial charge in [0, 0.05) is 12.0 Å². The zero-order valence-corrected chi connectivity index (χ0v) is 9.28. The zero-order chi connectivity index (χ0) is 11.2. The smallest absolute Gasteiger partial charge is 0.134 e. The molecular formula is C13H17NO2. The maximum absolute atomic E-state index is 8.64. The van der Waals surface area contributed by atoms with Crippen LogP contribution in [0.25, 0.3) is 11.0 Å². The highest BCUT2D eigenvalue weighted by atomic mass is 16.3. The van der Waals surface area contributed by atoms with Crippen molar-refractivity contribution in [1.29, 1.82) is 0 Å². The summed E-state index contributed by atoms with van der Waals surface area (Å²) in [4.78, 5) is 0. The Kier molecular flexibility index (Phi) is 3.97. The standard InChI is InChI=1S/C13H17NO2/c15-9-3-7-14-8-6-11-10-16-13-5-2-1-4-12(11)13/h1-2,4-5,10,14-15H,3,6-9H2. The van der Waals surface area contributed by atoms with Gasteiger partial charge in [-0.2, -0.15) is 0 Å². The Morgan fingerprint density at radius 3 is 2.94 bits per heavy atom. The van der Waals surface area contributed by atoms with E-state index >= 15 is 0 Å². The first kappa shape index (κ1) is 11.2. The molecule has 86 valence electrons. The lowest BCUT2D eigenvalue weighted by molar-refractivity contribution is 0.286. The van der Waals surface area contributed by atoms with Crippen molar-refractivity contribution in [2.45, 2.75) is 12.8 Å². The first-order valence-electron chi connectivity index (χ1n) is 5.68. The molecule has 0 spiro atoms. The number of fused-ring (bicyclic) bond motifs is 1. The van der Waals surface area contributed by atoms with Gasteiger partial charge in [-0.05, 0) is 37.6 Å². The van der Waals surface area contributed by atoms with Crippen LogP contribution in [0, 0.1) is 0 Å². The van der Waals surface area contributed by atoms with Crippen LogP contribution in [0.1, 0.15) is 12.0 Å². The molecule has 16 heavy (non-hydrogen) atoms. The third-order valence-electron chi connectivity index (χ3n) is 2.64. The van der Waals surface area contributed by atoms with E-state index < -0.39 is 0 Å². The van der Waals surface area contributed by atoms with Gasteiger partial charge < -0.3 is 14.8 Å². The second kappa shape index (κ2) is 5.68. The van der Waals surface area contributed by atoms with E-state index in [9.17, 15) is 0 Å². The van der Waals surface area contributed by atoms with Crippen LogP contribution in [0.5, 0.6) is 0 Å². The quantitative estimate of drug-likeness (QED) is 0.730. The molecule has 3 nitrogen and oxygen atoms in total. The van der Waals surface area contributed by atoms with Crippen LogP contribution >= 0.6 is 0 Å². The molecule has 0 amide bonds. The van der Waals surface area contributed by atoms with Crippen LogP contribution in [-0.2, 0) is 6.42 Å². The van der Waals surface area contributed by atoms with Crippen molar-refractivity contribution in [3.05, 3.63) is 36.1 Å². The average molecular weight is 219 g/mol. The highest BCUT2D eigenvalue weighted by molar-refractivity contribution is 5.80. The van der Waals surface area contributed by atoms with Crippen molar-refractivity contribution in [3.63, 3.8) is 0 Å². The molecule has 0 bridgehead atoms. The second-order valence-electron chi connectivity index (χ2n) is 3.83. The monoisotopic (exact) mass is 219 g/mol. The predicted molar refractivity (Wildman–Crippen MR) is 64.5 cm³/mol. The van der Waals surface area contributed by atoms with Crippen LogP contribution in [-0.4, -0.2) is 24.8 Å². The first-order valence-corrected chi connectivity index (χ1v) is 5.68. The molecule has 0 saturated heterocycles. The molecule has 1 aromatic heterocycles. The Labute approximate surface area is 95.1 Å². The van der Waals surface area contributed by atoms with Gasteiger partial charge >= 0.3 is 0 Å². The zero-order valence-electron chi connectivity index (χ0n) is 9.28. The number of rotatable bonds is 6. The van der Waals surface area contributed by atoms with E-state index in [4.69, 9.17) is 9.52 Å². The van der Waals surface area contributed by atoms with Gasteiger partial charge in [0.2, 0.25) is 0 Å². The lowest BCUT2D eigenvalue weighted by Gasteiger charge is -2.01. The fraction of sp³-hybridized carbons (Fsp3) is 0.385. The van der Waals surface area contributed by atoms with Crippen LogP contribution < -0.4 is 5.32 Å². The highest BCUT2D eigenvalue weighted by Gasteiger charge is 2.03. The summed E-state index contributed by atoms with van der Waals surface area (Å²) in [7, 11) is 0. The maximum atomic E-state index is 8.64. The van der Waals surface area contributed by atoms with E-state index in [0.29, 0.717) is 0 Å². The van der Waals surface area contributed by atoms with Gasteiger partial charge in [0.05, 0.1) is 6.26 Å². The van der Waals surface area contributed by atoms with Gasteiger partial charge in [0.15, 0.2) is 0 Å². The van der Waals surface area contributed by atoms with Gasteiger partial charge in [-0.3, -0.25) is 0 Å². The number of para-hydroxylation sites is 1. The third kappa shape index (κ3) is 2.62. The summed E-state index contributed by atoms with van der Waals surface area (Å²) < 4.78 is 5.46. The molecule has 0 aliphatic rings. The van der Waals surface area contributed by atoms with E-state index in [0.717, 1.165) is 31.5 Å². The van der Waals surface area contributed by atoms with E-state index in [1.807, 2.05) is 24.5 Å². The number of aliphatic hydroxyl groups is 1. The van der Waals surface area contributed by atoms with E-state index in [-0.39, 0.29) is 6.61 Å². The van der Waals surface area contributed by atoms with Crippen LogP contribution in [0.15, 0.2) is 34.9 Å². The van der Waals surface area contributed by atoms with Crippen LogP contribution in [0.2, 0.25) is 0 Å². The summed E-state index contributed by atoms with van der Waals surface area (Å²) in [5.41, 5.74) is 2.19. The molecule has 2 rings (SSSR count). The normalized spacial score (nSPS) is 11.1. The fourth-order valence-corrected chi connectivity index (χ4v) is 1.78. The largest absolute Gasteiger partial charge is 0.464 e. The molecule has 2 N–H and O–H groups in total. The molecule has 0 fully saturated rings. The number of benzene rings is 1. The lowest BCUT2D eigenvalue weighted by atomic mass is 10.1. The molecule has 0 radical (unpaired) electrons. The van der Waals surface area contributed by atoms with Crippen molar-refractivity contribution in [3.8, 4) is 0 Å². The SMILES string of the molecule is OCCCNCCc1coc2ccccc12. The molecule has 1 heterocycles. The molecule has 2 aromatic rings. The number of aliphatic hydroxyl groups excluding tert-OH is 1. The third-order valence-corrected chi connectivity index (χ3v) is 2.64. The van der Waals surface area contributed by atoms with Gasteiger partial charge in [0.1, 0.15) is 5.58 Å². The molecule has 0 aliphatic heterocycles. The van der Waals surface area contributed by atoms with Crippen molar-refractivity contribution in [1.82, 2.24) is 5.32 Å². The Morgan fingerprint density at radius 2 is 2.06 bits per heavy atom. The van der Waals surface area contributed by atoms with E-state index in [2.05, 4.69) is 11.4 Å². The molecule has 0 saturated carbocycles. The summed E-state index contributed by atoms with van der Waals surface area (Å²) in [6.45, 7) is 2.04. The second-order valence-corrected chi connectivity index (χ2v) is 3.83. The maximum Gasteiger partial charge on any atom is 0.134 e. The number of hydrogen-bond donors (Lipinski definition) is 2. The first-order chi connectivity index (χ1) is 7.92. The van der Waals surface area contributed by atoms with Crippen molar-refractivity contribution < 1.29 is 9.52 Å². The Bertz CT molecular complexity index is 436. The number of furan rings is 1. The van der Waals surface area contributed by atoms with Gasteiger partial charge in [-0.25, -0.2) is 0 Å². The van der Waals surface area contributed by atoms with E-state index in [1.54, 1.807) is 0 Å². The minimum Gasteiger partial charge on any atom is -0.464 e. The van der Waals surface area contributed by atoms with Gasteiger partial charge in [-0.15, -0.1) is 0 Å². The minimum atomic E-state index is 0.252. The Hall–Kier alpha value is -1.32. The summed E-state index contributed by atoms with van der Waals surface area (Å²) in [6.07, 6.45) is 3.60. The summed E-state index contributed by atoms with van der Waals surface area (Å²) in [5.74, 6) is 0.